The molecule has 2 amide bonds. The van der Waals surface area contributed by atoms with Crippen molar-refractivity contribution >= 4 is 20.3 Å². The van der Waals surface area contributed by atoms with E-state index >= 15 is 0 Å². The highest BCUT2D eigenvalue weighted by molar-refractivity contribution is 6.74. The molecule has 4 atom stereocenters. The molecule has 0 spiro atoms. The van der Waals surface area contributed by atoms with Gasteiger partial charge in [-0.3, -0.25) is 4.79 Å². The maximum absolute atomic E-state index is 13.7. The van der Waals surface area contributed by atoms with Gasteiger partial charge >= 0.3 is 6.09 Å². The van der Waals surface area contributed by atoms with Crippen LogP contribution in [0.5, 0.6) is 0 Å². The summed E-state index contributed by atoms with van der Waals surface area (Å²) in [6.07, 6.45) is -0.984. The van der Waals surface area contributed by atoms with E-state index in [2.05, 4.69) is 33.9 Å². The number of cyclic esters (lactones) is 1. The van der Waals surface area contributed by atoms with Crippen LogP contribution in [0.2, 0.25) is 18.1 Å². The van der Waals surface area contributed by atoms with Crippen LogP contribution in [0.4, 0.5) is 4.79 Å². The number of hydrogen-bond donors (Lipinski definition) is 0. The number of rotatable bonds is 7. The molecule has 2 saturated heterocycles. The van der Waals surface area contributed by atoms with E-state index in [0.29, 0.717) is 13.0 Å². The Morgan fingerprint density at radius 3 is 2.39 bits per heavy atom. The van der Waals surface area contributed by atoms with E-state index in [0.717, 1.165) is 5.56 Å². The van der Waals surface area contributed by atoms with Crippen molar-refractivity contribution in [1.82, 2.24) is 4.90 Å². The van der Waals surface area contributed by atoms with Crippen molar-refractivity contribution in [3.8, 4) is 0 Å². The monoisotopic (exact) mass is 477 g/mol. The Morgan fingerprint density at radius 1 is 1.21 bits per heavy atom. The van der Waals surface area contributed by atoms with Gasteiger partial charge in [-0.15, -0.1) is 0 Å². The standard InChI is InChI=1S/C25H39NO6Si/c1-17(21(20-16-30-25(5,6)31-20)32-33(7,8)24(2,3)4)22(27)26-19(15-29-23(26)28)14-18-12-10-9-11-13-18/h9-13,17,19-21H,14-16H2,1-8H3/t17-,19-,20-,21-/m1/s1. The van der Waals surface area contributed by atoms with Gasteiger partial charge in [0.2, 0.25) is 5.91 Å². The summed E-state index contributed by atoms with van der Waals surface area (Å²) in [5, 5.41) is -0.0502. The van der Waals surface area contributed by atoms with E-state index in [-0.39, 0.29) is 23.6 Å². The number of amides is 2. The molecular weight excluding hydrogens is 438 g/mol. The summed E-state index contributed by atoms with van der Waals surface area (Å²) in [5.74, 6) is -1.65. The minimum Gasteiger partial charge on any atom is -0.447 e. The average molecular weight is 478 g/mol. The molecule has 0 bridgehead atoms. The number of carbonyl (C=O) groups excluding carboxylic acids is 2. The molecule has 2 fully saturated rings. The molecule has 8 heteroatoms. The van der Waals surface area contributed by atoms with Gasteiger partial charge < -0.3 is 18.6 Å². The molecule has 3 rings (SSSR count). The van der Waals surface area contributed by atoms with Crippen LogP contribution < -0.4 is 0 Å². The molecule has 0 unspecified atom stereocenters. The van der Waals surface area contributed by atoms with E-state index < -0.39 is 38.3 Å². The second kappa shape index (κ2) is 9.48. The number of imide groups is 1. The molecule has 7 nitrogen and oxygen atoms in total. The van der Waals surface area contributed by atoms with E-state index in [1.807, 2.05) is 51.1 Å². The maximum Gasteiger partial charge on any atom is 0.416 e. The van der Waals surface area contributed by atoms with E-state index in [1.54, 1.807) is 0 Å². The maximum atomic E-state index is 13.7. The van der Waals surface area contributed by atoms with Crippen LogP contribution in [-0.4, -0.2) is 62.5 Å². The van der Waals surface area contributed by atoms with Gasteiger partial charge in [0, 0.05) is 0 Å². The van der Waals surface area contributed by atoms with E-state index in [4.69, 9.17) is 18.6 Å². The van der Waals surface area contributed by atoms with E-state index in [1.165, 1.54) is 4.90 Å². The molecule has 0 radical (unpaired) electrons. The van der Waals surface area contributed by atoms with Crippen molar-refractivity contribution in [2.45, 2.75) is 90.1 Å². The molecular formula is C25H39NO6Si. The zero-order valence-electron chi connectivity index (χ0n) is 21.2. The topological polar surface area (TPSA) is 74.3 Å². The van der Waals surface area contributed by atoms with E-state index in [9.17, 15) is 9.59 Å². The Balaban J connectivity index is 1.85. The molecule has 184 valence electrons. The molecule has 1 aromatic carbocycles. The van der Waals surface area contributed by atoms with Gasteiger partial charge in [0.1, 0.15) is 12.7 Å². The third-order valence-electron chi connectivity index (χ3n) is 7.03. The summed E-state index contributed by atoms with van der Waals surface area (Å²) in [6, 6.07) is 9.47. The Morgan fingerprint density at radius 2 is 1.85 bits per heavy atom. The van der Waals surface area contributed by atoms with Crippen molar-refractivity contribution in [2.75, 3.05) is 13.2 Å². The largest absolute Gasteiger partial charge is 0.447 e. The van der Waals surface area contributed by atoms with Gasteiger partial charge in [0.05, 0.1) is 24.7 Å². The number of ether oxygens (including phenoxy) is 3. The lowest BCUT2D eigenvalue weighted by Crippen LogP contribution is -2.54. The third kappa shape index (κ3) is 5.85. The fraction of sp³-hybridized carbons (Fsp3) is 0.680. The average Bonchev–Trinajstić information content (AvgIpc) is 3.26. The molecule has 2 aliphatic heterocycles. The molecule has 2 heterocycles. The summed E-state index contributed by atoms with van der Waals surface area (Å²) in [7, 11) is -2.25. The molecule has 0 N–H and O–H groups in total. The van der Waals surface area contributed by atoms with Crippen LogP contribution in [0, 0.1) is 5.92 Å². The highest BCUT2D eigenvalue weighted by Crippen LogP contribution is 2.40. The van der Waals surface area contributed by atoms with Crippen LogP contribution >= 0.6 is 0 Å². The predicted molar refractivity (Wildman–Crippen MR) is 128 cm³/mol. The smallest absolute Gasteiger partial charge is 0.416 e. The van der Waals surface area contributed by atoms with Gasteiger partial charge in [-0.2, -0.15) is 0 Å². The Labute approximate surface area is 198 Å². The van der Waals surface area contributed by atoms with Gasteiger partial charge in [0.25, 0.3) is 0 Å². The lowest BCUT2D eigenvalue weighted by Gasteiger charge is -2.42. The highest BCUT2D eigenvalue weighted by atomic mass is 28.4. The number of carbonyl (C=O) groups is 2. The molecule has 0 saturated carbocycles. The third-order valence-corrected chi connectivity index (χ3v) is 11.5. The Bertz CT molecular complexity index is 850. The van der Waals surface area contributed by atoms with Crippen molar-refractivity contribution < 1.29 is 28.2 Å². The molecule has 1 aromatic rings. The lowest BCUT2D eigenvalue weighted by molar-refractivity contribution is -0.159. The van der Waals surface area contributed by atoms with Crippen LogP contribution in [0.15, 0.2) is 30.3 Å². The van der Waals surface area contributed by atoms with Gasteiger partial charge in [-0.1, -0.05) is 58.0 Å². The first kappa shape index (κ1) is 25.9. The zero-order chi connectivity index (χ0) is 24.6. The quantitative estimate of drug-likeness (QED) is 0.528. The molecule has 0 aliphatic carbocycles. The fourth-order valence-electron chi connectivity index (χ4n) is 4.02. The first-order valence-corrected chi connectivity index (χ1v) is 14.7. The lowest BCUT2D eigenvalue weighted by atomic mass is 9.97. The van der Waals surface area contributed by atoms with Gasteiger partial charge in [-0.05, 0) is 44.0 Å². The molecule has 0 aromatic heterocycles. The minimum absolute atomic E-state index is 0.0502. The Hall–Kier alpha value is -1.74. The summed E-state index contributed by atoms with van der Waals surface area (Å²) >= 11 is 0. The van der Waals surface area contributed by atoms with Crippen molar-refractivity contribution in [3.05, 3.63) is 35.9 Å². The SMILES string of the molecule is C[C@@H](C(=O)N1C(=O)OC[C@H]1Cc1ccccc1)[C@@H](O[Si](C)(C)C(C)(C)C)[C@H]1COC(C)(C)O1. The van der Waals surface area contributed by atoms with Crippen LogP contribution in [-0.2, 0) is 29.9 Å². The minimum atomic E-state index is -2.25. The number of benzene rings is 1. The first-order chi connectivity index (χ1) is 15.2. The summed E-state index contributed by atoms with van der Waals surface area (Å²) in [4.78, 5) is 27.6. The normalized spacial score (nSPS) is 25.1. The van der Waals surface area contributed by atoms with Crippen molar-refractivity contribution in [2.24, 2.45) is 5.92 Å². The number of hydrogen-bond acceptors (Lipinski definition) is 6. The second-order valence-electron chi connectivity index (χ2n) is 11.1. The summed E-state index contributed by atoms with van der Waals surface area (Å²) in [5.41, 5.74) is 1.05. The zero-order valence-corrected chi connectivity index (χ0v) is 22.2. The number of nitrogens with zero attached hydrogens (tertiary/aromatic N) is 1. The van der Waals surface area contributed by atoms with Gasteiger partial charge in [-0.25, -0.2) is 9.69 Å². The fourth-order valence-corrected chi connectivity index (χ4v) is 5.41. The summed E-state index contributed by atoms with van der Waals surface area (Å²) < 4.78 is 24.0. The van der Waals surface area contributed by atoms with Crippen LogP contribution in [0.1, 0.15) is 47.1 Å². The predicted octanol–water partition coefficient (Wildman–Crippen LogP) is 4.75. The van der Waals surface area contributed by atoms with Crippen LogP contribution in [0.25, 0.3) is 0 Å². The Kier molecular flexibility index (Phi) is 7.44. The molecule has 2 aliphatic rings. The highest BCUT2D eigenvalue weighted by Gasteiger charge is 2.50. The first-order valence-electron chi connectivity index (χ1n) is 11.8. The van der Waals surface area contributed by atoms with Crippen molar-refractivity contribution in [1.29, 1.82) is 0 Å². The summed E-state index contributed by atoms with van der Waals surface area (Å²) in [6.45, 7) is 16.8. The van der Waals surface area contributed by atoms with Crippen molar-refractivity contribution in [3.63, 3.8) is 0 Å². The molecule has 33 heavy (non-hydrogen) atoms. The second-order valence-corrected chi connectivity index (χ2v) is 15.9. The van der Waals surface area contributed by atoms with Gasteiger partial charge in [0.15, 0.2) is 14.1 Å². The van der Waals surface area contributed by atoms with Crippen LogP contribution in [0.3, 0.4) is 0 Å².